The van der Waals surface area contributed by atoms with Gasteiger partial charge in [0.15, 0.2) is 13.2 Å². The molecule has 0 atom stereocenters. The van der Waals surface area contributed by atoms with Crippen molar-refractivity contribution in [1.82, 2.24) is 29.9 Å². The van der Waals surface area contributed by atoms with Crippen LogP contribution in [0.5, 0.6) is 11.5 Å². The highest BCUT2D eigenvalue weighted by molar-refractivity contribution is 6.13. The Morgan fingerprint density at radius 3 is 1.17 bits per heavy atom. The number of aromatic amines is 2. The number of amides is 2. The summed E-state index contributed by atoms with van der Waals surface area (Å²) >= 11 is 0. The molecule has 0 spiro atoms. The Balaban J connectivity index is 1.05. The van der Waals surface area contributed by atoms with E-state index in [0.29, 0.717) is 123 Å². The van der Waals surface area contributed by atoms with Crippen LogP contribution >= 0.6 is 0 Å². The first-order valence-electron chi connectivity index (χ1n) is 30.3. The van der Waals surface area contributed by atoms with Crippen molar-refractivity contribution in [3.63, 3.8) is 0 Å². The summed E-state index contributed by atoms with van der Waals surface area (Å²) in [5.74, 6) is -1.11. The lowest BCUT2D eigenvalue weighted by Gasteiger charge is -2.16. The second kappa shape index (κ2) is 24.5. The molecule has 0 radical (unpaired) electrons. The number of anilines is 2. The summed E-state index contributed by atoms with van der Waals surface area (Å²) in [7, 11) is 2.63. The number of H-pyrrole nitrogens is 2. The first-order chi connectivity index (χ1) is 46.1. The van der Waals surface area contributed by atoms with E-state index in [1.54, 1.807) is 12.4 Å². The summed E-state index contributed by atoms with van der Waals surface area (Å²) in [5.41, 5.74) is 12.7. The van der Waals surface area contributed by atoms with E-state index < -0.39 is 11.9 Å². The maximum atomic E-state index is 14.6. The van der Waals surface area contributed by atoms with Crippen LogP contribution in [0.4, 0.5) is 11.4 Å². The van der Waals surface area contributed by atoms with Crippen molar-refractivity contribution in [3.05, 3.63) is 253 Å². The van der Waals surface area contributed by atoms with Crippen molar-refractivity contribution in [3.8, 4) is 56.0 Å². The summed E-state index contributed by atoms with van der Waals surface area (Å²) in [6, 6.07) is 65.4. The molecular formula is C78H54N8O8. The van der Waals surface area contributed by atoms with Crippen LogP contribution in [0.2, 0.25) is 0 Å². The third-order valence-corrected chi connectivity index (χ3v) is 16.8. The average Bonchev–Trinajstić information content (AvgIpc) is 1.52. The van der Waals surface area contributed by atoms with Gasteiger partial charge in [-0.2, -0.15) is 0 Å². The normalized spacial score (nSPS) is 11.7. The number of para-hydroxylation sites is 4. The van der Waals surface area contributed by atoms with Crippen molar-refractivity contribution in [2.24, 2.45) is 0 Å². The summed E-state index contributed by atoms with van der Waals surface area (Å²) in [6.45, 7) is -0.764. The maximum absolute atomic E-state index is 14.6. The number of rotatable bonds is 14. The molecule has 8 aromatic carbocycles. The molecule has 16 nitrogen and oxygen atoms in total. The fraction of sp³-hybridized carbons (Fsp3) is 0.0513. The van der Waals surface area contributed by atoms with Crippen LogP contribution in [-0.2, 0) is 19.1 Å². The molecule has 2 amide bonds. The Morgan fingerprint density at radius 1 is 0.383 bits per heavy atom. The van der Waals surface area contributed by atoms with Crippen molar-refractivity contribution < 1.29 is 38.1 Å². The van der Waals surface area contributed by atoms with Crippen molar-refractivity contribution >= 4 is 125 Å². The highest BCUT2D eigenvalue weighted by atomic mass is 16.6. The zero-order chi connectivity index (χ0) is 63.8. The van der Waals surface area contributed by atoms with Crippen LogP contribution in [0.15, 0.2) is 219 Å². The molecule has 0 unspecified atom stereocenters. The third kappa shape index (κ3) is 10.9. The van der Waals surface area contributed by atoms with Gasteiger partial charge in [0, 0.05) is 101 Å². The average molecular weight is 1230 g/mol. The molecule has 0 saturated carbocycles. The highest BCUT2D eigenvalue weighted by Gasteiger charge is 2.26. The van der Waals surface area contributed by atoms with Crippen LogP contribution < -0.4 is 20.1 Å². The second-order valence-corrected chi connectivity index (χ2v) is 22.4. The largest absolute Gasteiger partial charge is 0.481 e. The summed E-state index contributed by atoms with van der Waals surface area (Å²) in [6.07, 6.45) is 10.9. The molecule has 7 heterocycles. The van der Waals surface area contributed by atoms with Crippen LogP contribution in [-0.4, -0.2) is 81.1 Å². The van der Waals surface area contributed by atoms with E-state index in [0.717, 1.165) is 43.4 Å². The number of benzene rings is 8. The molecule has 15 rings (SSSR count). The number of carbonyl (C=O) groups is 4. The quantitative estimate of drug-likeness (QED) is 0.0749. The predicted molar refractivity (Wildman–Crippen MR) is 370 cm³/mol. The summed E-state index contributed by atoms with van der Waals surface area (Å²) < 4.78 is 23.1. The number of aromatic nitrogens is 6. The second-order valence-electron chi connectivity index (χ2n) is 22.4. The molecule has 0 saturated heterocycles. The smallest absolute Gasteiger partial charge is 0.343 e. The topological polar surface area (TPSA) is 212 Å². The van der Waals surface area contributed by atoms with Gasteiger partial charge in [-0.3, -0.25) is 19.6 Å². The molecule has 0 fully saturated rings. The zero-order valence-corrected chi connectivity index (χ0v) is 50.6. The lowest BCUT2D eigenvalue weighted by molar-refractivity contribution is -0.143. The first-order valence-corrected chi connectivity index (χ1v) is 30.3. The molecule has 2 aliphatic rings. The number of ether oxygens (including phenoxy) is 4. The fourth-order valence-corrected chi connectivity index (χ4v) is 12.3. The van der Waals surface area contributed by atoms with Gasteiger partial charge in [-0.05, 0) is 119 Å². The molecular weight excluding hydrogens is 1180 g/mol. The number of hydrogen-bond donors (Lipinski definition) is 4. The number of nitrogens with zero attached hydrogens (tertiary/aromatic N) is 4. The highest BCUT2D eigenvalue weighted by Crippen LogP contribution is 2.47. The Kier molecular flexibility index (Phi) is 15.0. The predicted octanol–water partition coefficient (Wildman–Crippen LogP) is 16.3. The zero-order valence-electron chi connectivity index (χ0n) is 50.6. The number of pyridine rings is 2. The number of fused-ring (bicyclic) bond motifs is 12. The minimum Gasteiger partial charge on any atom is -0.481 e. The SMILES string of the molecule is COC(=O)COc1ccc2ccccc2c1-c1c2nc(c(-c3ccccc3NC(=O)c3cnc4ccccc4c3)c3ccc([nH]3)c(-c3c(OCC(=O)OC)ccc4ccccc34)c3nc(c(-c4ccccc4NC(=O)c4cnc5ccccc5c4)c4ccc1[nH]4)C=C3)C=C2. The van der Waals surface area contributed by atoms with Gasteiger partial charge in [0.1, 0.15) is 11.5 Å². The van der Waals surface area contributed by atoms with E-state index >= 15 is 0 Å². The number of methoxy groups -OCH3 is 2. The monoisotopic (exact) mass is 1230 g/mol. The van der Waals surface area contributed by atoms with E-state index in [1.165, 1.54) is 14.2 Å². The number of hydrogen-bond acceptors (Lipinski definition) is 12. The van der Waals surface area contributed by atoms with Crippen LogP contribution in [0, 0.1) is 0 Å². The van der Waals surface area contributed by atoms with E-state index in [2.05, 4.69) is 30.6 Å². The molecule has 94 heavy (non-hydrogen) atoms. The van der Waals surface area contributed by atoms with Crippen molar-refractivity contribution in [1.29, 1.82) is 0 Å². The number of nitrogens with one attached hydrogen (secondary N) is 4. The molecule has 0 aliphatic carbocycles. The van der Waals surface area contributed by atoms with Crippen LogP contribution in [0.1, 0.15) is 43.5 Å². The lowest BCUT2D eigenvalue weighted by Crippen LogP contribution is -2.13. The van der Waals surface area contributed by atoms with Crippen LogP contribution in [0.25, 0.3) is 134 Å². The van der Waals surface area contributed by atoms with Gasteiger partial charge in [0.2, 0.25) is 0 Å². The Morgan fingerprint density at radius 2 is 0.745 bits per heavy atom. The fourth-order valence-electron chi connectivity index (χ4n) is 12.3. The number of carbonyl (C=O) groups excluding carboxylic acids is 4. The van der Waals surface area contributed by atoms with E-state index in [9.17, 15) is 19.2 Å². The maximum Gasteiger partial charge on any atom is 0.343 e. The van der Waals surface area contributed by atoms with Crippen LogP contribution in [0.3, 0.4) is 0 Å². The van der Waals surface area contributed by atoms with E-state index in [1.807, 2.05) is 231 Å². The van der Waals surface area contributed by atoms with Gasteiger partial charge in [-0.15, -0.1) is 0 Å². The lowest BCUT2D eigenvalue weighted by atomic mass is 9.95. The van der Waals surface area contributed by atoms with Gasteiger partial charge in [-0.1, -0.05) is 133 Å². The third-order valence-electron chi connectivity index (χ3n) is 16.8. The van der Waals surface area contributed by atoms with Gasteiger partial charge in [0.25, 0.3) is 11.8 Å². The molecule has 454 valence electrons. The first kappa shape index (κ1) is 57.6. The van der Waals surface area contributed by atoms with Crippen molar-refractivity contribution in [2.45, 2.75) is 0 Å². The molecule has 5 aromatic heterocycles. The standard InChI is InChI=1S/C78H54N8O8/c1-91-69(87)43-93-67-37-27-45-15-3-7-19-51(45)73(67)75-63-33-29-59(81-63)71(53-21-9-13-25-57(53)85-77(89)49-39-47-17-5-11-23-55(47)79-41-49)61-31-35-65(83-61)76(74-52-20-8-4-16-46(52)28-38-68(74)94-44-70(88)92-2)66-36-32-62(84-66)72(60-30-34-64(75)82-60)54-22-10-14-26-58(54)86-78(90)50-40-48-18-6-12-24-56(48)80-42-50/h3-42,81,84H,43-44H2,1-2H3,(H,85,89)(H,86,90). The number of esters is 2. The summed E-state index contributed by atoms with van der Waals surface area (Å²) in [4.78, 5) is 83.3. The van der Waals surface area contributed by atoms with Gasteiger partial charge >= 0.3 is 11.9 Å². The minimum atomic E-state index is -0.570. The minimum absolute atomic E-state index is 0.366. The van der Waals surface area contributed by atoms with E-state index in [-0.39, 0.29) is 25.0 Å². The van der Waals surface area contributed by atoms with Gasteiger partial charge in [-0.25, -0.2) is 19.6 Å². The Labute approximate surface area is 536 Å². The van der Waals surface area contributed by atoms with Gasteiger partial charge in [0.05, 0.1) is 59.2 Å². The Bertz CT molecular complexity index is 5210. The van der Waals surface area contributed by atoms with E-state index in [4.69, 9.17) is 28.9 Å². The van der Waals surface area contributed by atoms with Crippen molar-refractivity contribution in [2.75, 3.05) is 38.1 Å². The van der Waals surface area contributed by atoms with Gasteiger partial charge < -0.3 is 39.5 Å². The Hall–Kier alpha value is -12.8. The molecule has 8 bridgehead atoms. The molecule has 2 aliphatic heterocycles. The molecule has 13 aromatic rings. The molecule has 4 N–H and O–H groups in total. The summed E-state index contributed by atoms with van der Waals surface area (Å²) in [5, 5.41) is 11.5. The molecule has 16 heteroatoms.